The van der Waals surface area contributed by atoms with Crippen LogP contribution in [0.15, 0.2) is 24.3 Å². The van der Waals surface area contributed by atoms with Crippen LogP contribution in [-0.4, -0.2) is 23.9 Å². The summed E-state index contributed by atoms with van der Waals surface area (Å²) in [6, 6.07) is 7.56. The van der Waals surface area contributed by atoms with Crippen LogP contribution in [0.25, 0.3) is 0 Å². The smallest absolute Gasteiger partial charge is 0.251 e. The molecule has 3 nitrogen and oxygen atoms in total. The molecule has 0 aliphatic heterocycles. The minimum Gasteiger partial charge on any atom is -0.497 e. The van der Waals surface area contributed by atoms with E-state index < -0.39 is 0 Å². The zero-order valence-corrected chi connectivity index (χ0v) is 12.1. The Morgan fingerprint density at radius 2 is 2.06 bits per heavy atom. The molecule has 1 aromatic carbocycles. The van der Waals surface area contributed by atoms with Crippen molar-refractivity contribution in [1.29, 1.82) is 0 Å². The summed E-state index contributed by atoms with van der Waals surface area (Å²) < 4.78 is 5.12. The number of benzene rings is 1. The average molecular weight is 312 g/mol. The van der Waals surface area contributed by atoms with Crippen LogP contribution in [0.3, 0.4) is 0 Å². The van der Waals surface area contributed by atoms with Gasteiger partial charge in [-0.05, 0) is 43.9 Å². The molecule has 1 aromatic rings. The van der Waals surface area contributed by atoms with Crippen molar-refractivity contribution in [2.24, 2.45) is 0 Å². The van der Waals surface area contributed by atoms with Crippen LogP contribution in [0.2, 0.25) is 0 Å². The van der Waals surface area contributed by atoms with Gasteiger partial charge in [-0.15, -0.1) is 0 Å². The van der Waals surface area contributed by atoms with Crippen molar-refractivity contribution in [3.05, 3.63) is 29.8 Å². The van der Waals surface area contributed by atoms with Gasteiger partial charge in [-0.2, -0.15) is 0 Å². The van der Waals surface area contributed by atoms with Crippen LogP contribution in [-0.2, 0) is 0 Å². The number of alkyl halides is 1. The maximum Gasteiger partial charge on any atom is 0.251 e. The van der Waals surface area contributed by atoms with Gasteiger partial charge in [-0.25, -0.2) is 0 Å². The minimum atomic E-state index is -0.00748. The van der Waals surface area contributed by atoms with E-state index in [1.165, 1.54) is 0 Å². The maximum atomic E-state index is 12.1. The second-order valence-corrected chi connectivity index (χ2v) is 5.95. The number of carbonyl (C=O) groups is 1. The molecule has 0 unspecified atom stereocenters. The molecule has 0 saturated heterocycles. The molecule has 1 aliphatic carbocycles. The number of nitrogens with one attached hydrogen (secondary N) is 1. The predicted molar refractivity (Wildman–Crippen MR) is 75.4 cm³/mol. The highest BCUT2D eigenvalue weighted by Gasteiger charge is 2.21. The molecule has 1 saturated carbocycles. The Labute approximate surface area is 116 Å². The Balaban J connectivity index is 1.94. The lowest BCUT2D eigenvalue weighted by molar-refractivity contribution is 0.0928. The van der Waals surface area contributed by atoms with Crippen molar-refractivity contribution in [3.8, 4) is 5.75 Å². The van der Waals surface area contributed by atoms with E-state index in [1.807, 2.05) is 18.2 Å². The monoisotopic (exact) mass is 311 g/mol. The highest BCUT2D eigenvalue weighted by molar-refractivity contribution is 9.09. The van der Waals surface area contributed by atoms with Gasteiger partial charge >= 0.3 is 0 Å². The molecule has 98 valence electrons. The number of methoxy groups -OCH3 is 1. The summed E-state index contributed by atoms with van der Waals surface area (Å²) in [5.41, 5.74) is 0.662. The highest BCUT2D eigenvalue weighted by atomic mass is 79.9. The van der Waals surface area contributed by atoms with Crippen molar-refractivity contribution < 1.29 is 9.53 Å². The Bertz CT molecular complexity index is 414. The van der Waals surface area contributed by atoms with Crippen molar-refractivity contribution in [1.82, 2.24) is 5.32 Å². The summed E-state index contributed by atoms with van der Waals surface area (Å²) in [7, 11) is 1.61. The number of amides is 1. The maximum absolute atomic E-state index is 12.1. The molecular weight excluding hydrogens is 294 g/mol. The fourth-order valence-corrected chi connectivity index (χ4v) is 2.76. The molecule has 0 spiro atoms. The largest absolute Gasteiger partial charge is 0.497 e. The van der Waals surface area contributed by atoms with Crippen LogP contribution in [0.1, 0.15) is 36.0 Å². The fourth-order valence-electron chi connectivity index (χ4n) is 2.23. The second-order valence-electron chi connectivity index (χ2n) is 4.65. The molecule has 1 N–H and O–H groups in total. The van der Waals surface area contributed by atoms with Gasteiger partial charge in [0, 0.05) is 16.4 Å². The molecule has 4 heteroatoms. The van der Waals surface area contributed by atoms with Crippen LogP contribution in [0, 0.1) is 0 Å². The van der Waals surface area contributed by atoms with Gasteiger partial charge in [0.05, 0.1) is 7.11 Å². The van der Waals surface area contributed by atoms with Gasteiger partial charge in [0.15, 0.2) is 0 Å². The van der Waals surface area contributed by atoms with E-state index in [-0.39, 0.29) is 5.91 Å². The van der Waals surface area contributed by atoms with E-state index >= 15 is 0 Å². The van der Waals surface area contributed by atoms with Crippen LogP contribution < -0.4 is 10.1 Å². The lowest BCUT2D eigenvalue weighted by atomic mass is 9.95. The normalized spacial score (nSPS) is 23.4. The number of hydrogen-bond acceptors (Lipinski definition) is 2. The van der Waals surface area contributed by atoms with Crippen molar-refractivity contribution in [2.45, 2.75) is 36.6 Å². The average Bonchev–Trinajstić information content (AvgIpc) is 2.41. The molecule has 1 amide bonds. The molecule has 0 atom stereocenters. The van der Waals surface area contributed by atoms with Gasteiger partial charge < -0.3 is 10.1 Å². The Hall–Kier alpha value is -1.03. The zero-order valence-electron chi connectivity index (χ0n) is 10.5. The molecule has 1 aliphatic rings. The fraction of sp³-hybridized carbons (Fsp3) is 0.500. The van der Waals surface area contributed by atoms with E-state index in [0.717, 1.165) is 25.7 Å². The van der Waals surface area contributed by atoms with Crippen molar-refractivity contribution in [3.63, 3.8) is 0 Å². The van der Waals surface area contributed by atoms with Gasteiger partial charge in [-0.3, -0.25) is 4.79 Å². The SMILES string of the molecule is COc1cccc(C(=O)NC2CCC(Br)CC2)c1. The number of carbonyl (C=O) groups excluding carboxylic acids is 1. The molecule has 0 bridgehead atoms. The van der Waals surface area contributed by atoms with Crippen LogP contribution >= 0.6 is 15.9 Å². The van der Waals surface area contributed by atoms with Crippen LogP contribution in [0.5, 0.6) is 5.75 Å². The molecule has 0 aromatic heterocycles. The van der Waals surface area contributed by atoms with E-state index in [9.17, 15) is 4.79 Å². The topological polar surface area (TPSA) is 38.3 Å². The summed E-state index contributed by atoms with van der Waals surface area (Å²) in [4.78, 5) is 12.7. The van der Waals surface area contributed by atoms with E-state index in [2.05, 4.69) is 21.2 Å². The molecule has 0 heterocycles. The van der Waals surface area contributed by atoms with E-state index in [1.54, 1.807) is 13.2 Å². The summed E-state index contributed by atoms with van der Waals surface area (Å²) in [6.45, 7) is 0. The minimum absolute atomic E-state index is 0.00748. The quantitative estimate of drug-likeness (QED) is 0.871. The first-order valence-corrected chi connectivity index (χ1v) is 7.19. The Kier molecular flexibility index (Phi) is 4.64. The molecule has 0 radical (unpaired) electrons. The lowest BCUT2D eigenvalue weighted by Crippen LogP contribution is -2.37. The van der Waals surface area contributed by atoms with E-state index in [4.69, 9.17) is 4.74 Å². The Morgan fingerprint density at radius 1 is 1.33 bits per heavy atom. The summed E-state index contributed by atoms with van der Waals surface area (Å²) in [6.07, 6.45) is 4.35. The van der Waals surface area contributed by atoms with E-state index in [0.29, 0.717) is 22.2 Å². The molecule has 1 fully saturated rings. The highest BCUT2D eigenvalue weighted by Crippen LogP contribution is 2.24. The number of hydrogen-bond donors (Lipinski definition) is 1. The van der Waals surface area contributed by atoms with Crippen LogP contribution in [0.4, 0.5) is 0 Å². The molecule has 18 heavy (non-hydrogen) atoms. The zero-order chi connectivity index (χ0) is 13.0. The van der Waals surface area contributed by atoms with Gasteiger partial charge in [-0.1, -0.05) is 22.0 Å². The van der Waals surface area contributed by atoms with Crippen molar-refractivity contribution >= 4 is 21.8 Å². The third kappa shape index (κ3) is 3.48. The lowest BCUT2D eigenvalue weighted by Gasteiger charge is -2.26. The third-order valence-electron chi connectivity index (χ3n) is 3.32. The van der Waals surface area contributed by atoms with Crippen molar-refractivity contribution in [2.75, 3.05) is 7.11 Å². The summed E-state index contributed by atoms with van der Waals surface area (Å²) >= 11 is 3.62. The number of rotatable bonds is 3. The Morgan fingerprint density at radius 3 is 2.72 bits per heavy atom. The first-order chi connectivity index (χ1) is 8.69. The number of halogens is 1. The summed E-state index contributed by atoms with van der Waals surface area (Å²) in [5, 5.41) is 3.09. The van der Waals surface area contributed by atoms with Gasteiger partial charge in [0.25, 0.3) is 5.91 Å². The predicted octanol–water partition coefficient (Wildman–Crippen LogP) is 3.13. The standard InChI is InChI=1S/C14H18BrNO2/c1-18-13-4-2-3-10(9-13)14(17)16-12-7-5-11(15)6-8-12/h2-4,9,11-12H,5-8H2,1H3,(H,16,17). The summed E-state index contributed by atoms with van der Waals surface area (Å²) in [5.74, 6) is 0.707. The molecular formula is C14H18BrNO2. The third-order valence-corrected chi connectivity index (χ3v) is 4.24. The number of ether oxygens (including phenoxy) is 1. The first kappa shape index (κ1) is 13.4. The van der Waals surface area contributed by atoms with Gasteiger partial charge in [0.2, 0.25) is 0 Å². The van der Waals surface area contributed by atoms with Gasteiger partial charge in [0.1, 0.15) is 5.75 Å². The first-order valence-electron chi connectivity index (χ1n) is 6.28. The second kappa shape index (κ2) is 6.23. The molecule has 2 rings (SSSR count).